The van der Waals surface area contributed by atoms with E-state index in [2.05, 4.69) is 16.4 Å². The molecule has 1 amide bonds. The monoisotopic (exact) mass is 372 g/mol. The average molecular weight is 372 g/mol. The molecule has 0 spiro atoms. The van der Waals surface area contributed by atoms with Crippen molar-refractivity contribution in [3.63, 3.8) is 0 Å². The van der Waals surface area contributed by atoms with E-state index in [0.717, 1.165) is 56.5 Å². The minimum Gasteiger partial charge on any atom is -0.328 e. The van der Waals surface area contributed by atoms with Gasteiger partial charge >= 0.3 is 0 Å². The fourth-order valence-electron chi connectivity index (χ4n) is 3.99. The zero-order valence-corrected chi connectivity index (χ0v) is 15.1. The number of aromatic nitrogens is 1. The van der Waals surface area contributed by atoms with E-state index in [1.54, 1.807) is 0 Å². The molecular formula is C19H20N2O4S. The Morgan fingerprint density at radius 1 is 1.04 bits per heavy atom. The topological polar surface area (TPSA) is 96.1 Å². The van der Waals surface area contributed by atoms with E-state index >= 15 is 0 Å². The Balaban J connectivity index is 1.60. The molecule has 4 rings (SSSR count). The molecule has 136 valence electrons. The molecule has 0 radical (unpaired) electrons. The van der Waals surface area contributed by atoms with Gasteiger partial charge in [0, 0.05) is 18.0 Å². The molecule has 0 atom stereocenters. The van der Waals surface area contributed by atoms with Crippen LogP contribution in [0.5, 0.6) is 0 Å². The zero-order chi connectivity index (χ0) is 18.3. The largest absolute Gasteiger partial charge is 0.328 e. The van der Waals surface area contributed by atoms with E-state index in [1.807, 2.05) is 0 Å². The number of aryl methyl sites for hydroxylation is 2. The predicted molar refractivity (Wildman–Crippen MR) is 98.2 cm³/mol. The zero-order valence-electron chi connectivity index (χ0n) is 14.3. The van der Waals surface area contributed by atoms with Crippen molar-refractivity contribution in [3.05, 3.63) is 57.0 Å². The van der Waals surface area contributed by atoms with Gasteiger partial charge in [-0.15, -0.1) is 0 Å². The van der Waals surface area contributed by atoms with Crippen molar-refractivity contribution in [1.82, 2.24) is 4.98 Å². The van der Waals surface area contributed by atoms with Gasteiger partial charge in [-0.05, 0) is 66.8 Å². The molecule has 26 heavy (non-hydrogen) atoms. The van der Waals surface area contributed by atoms with Gasteiger partial charge in [0.15, 0.2) is 9.84 Å². The number of hydrogen-bond donors (Lipinski definition) is 2. The molecule has 1 heterocycles. The number of fused-ring (bicyclic) bond motifs is 2. The van der Waals surface area contributed by atoms with Crippen LogP contribution in [0.2, 0.25) is 0 Å². The van der Waals surface area contributed by atoms with Crippen molar-refractivity contribution in [3.8, 4) is 0 Å². The smallest absolute Gasteiger partial charge is 0.247 e. The number of aromatic amines is 1. The van der Waals surface area contributed by atoms with Gasteiger partial charge in [0.05, 0.1) is 4.90 Å². The Bertz CT molecular complexity index is 1000. The van der Waals surface area contributed by atoms with E-state index in [4.69, 9.17) is 0 Å². The molecule has 7 heteroatoms. The summed E-state index contributed by atoms with van der Waals surface area (Å²) in [5.41, 5.74) is 5.35. The highest BCUT2D eigenvalue weighted by Crippen LogP contribution is 2.38. The Labute approximate surface area is 151 Å². The molecule has 2 aromatic rings. The summed E-state index contributed by atoms with van der Waals surface area (Å²) >= 11 is 0. The highest BCUT2D eigenvalue weighted by molar-refractivity contribution is 7.92. The minimum absolute atomic E-state index is 0.0595. The number of hydrogen-bond acceptors (Lipinski definition) is 4. The third-order valence-corrected chi connectivity index (χ3v) is 6.79. The van der Waals surface area contributed by atoms with Crippen molar-refractivity contribution in [1.29, 1.82) is 0 Å². The molecule has 0 saturated carbocycles. The fraction of sp³-hybridized carbons (Fsp3) is 0.368. The summed E-state index contributed by atoms with van der Waals surface area (Å²) < 4.78 is 24.9. The van der Waals surface area contributed by atoms with Gasteiger partial charge in [-0.1, -0.05) is 6.07 Å². The third kappa shape index (κ3) is 3.07. The van der Waals surface area contributed by atoms with Crippen LogP contribution in [-0.2, 0) is 40.3 Å². The number of rotatable bonds is 4. The lowest BCUT2D eigenvalue weighted by atomic mass is 9.98. The number of benzene rings is 1. The number of carbonyl (C=O) groups is 1. The van der Waals surface area contributed by atoms with Gasteiger partial charge in [-0.3, -0.25) is 9.59 Å². The molecule has 0 unspecified atom stereocenters. The summed E-state index contributed by atoms with van der Waals surface area (Å²) in [5.74, 6) is -1.18. The molecule has 1 aromatic heterocycles. The molecule has 2 aliphatic carbocycles. The molecule has 0 bridgehead atoms. The number of carbonyl (C=O) groups excluding carboxylic acids is 1. The molecule has 0 aliphatic heterocycles. The SMILES string of the molecule is O=C(CS(=O)(=O)c1ccc(=O)[nH]c1)Nc1c2c(cc3c1CCC3)CCC2. The van der Waals surface area contributed by atoms with Gasteiger partial charge in [0.25, 0.3) is 0 Å². The maximum Gasteiger partial charge on any atom is 0.247 e. The number of anilines is 1. The maximum absolute atomic E-state index is 12.5. The molecular weight excluding hydrogens is 352 g/mol. The van der Waals surface area contributed by atoms with Gasteiger partial charge < -0.3 is 10.3 Å². The Kier molecular flexibility index (Phi) is 4.19. The van der Waals surface area contributed by atoms with Gasteiger partial charge in [0.1, 0.15) is 5.75 Å². The van der Waals surface area contributed by atoms with Gasteiger partial charge in [0.2, 0.25) is 11.5 Å². The van der Waals surface area contributed by atoms with Crippen molar-refractivity contribution in [2.45, 2.75) is 43.4 Å². The number of sulfone groups is 1. The van der Waals surface area contributed by atoms with E-state index in [-0.39, 0.29) is 10.5 Å². The van der Waals surface area contributed by atoms with Crippen LogP contribution in [0.25, 0.3) is 0 Å². The lowest BCUT2D eigenvalue weighted by molar-refractivity contribution is -0.113. The summed E-state index contributed by atoms with van der Waals surface area (Å²) in [6, 6.07) is 4.62. The quantitative estimate of drug-likeness (QED) is 0.855. The normalized spacial score (nSPS) is 15.5. The van der Waals surface area contributed by atoms with Crippen LogP contribution in [0.3, 0.4) is 0 Å². The first kappa shape index (κ1) is 17.0. The highest BCUT2D eigenvalue weighted by Gasteiger charge is 2.26. The van der Waals surface area contributed by atoms with Crippen LogP contribution < -0.4 is 10.9 Å². The lowest BCUT2D eigenvalue weighted by Crippen LogP contribution is -2.24. The van der Waals surface area contributed by atoms with Crippen LogP contribution in [-0.4, -0.2) is 25.1 Å². The fourth-order valence-corrected chi connectivity index (χ4v) is 5.09. The second-order valence-electron chi connectivity index (χ2n) is 6.93. The number of nitrogens with one attached hydrogen (secondary N) is 2. The second kappa shape index (κ2) is 6.39. The van der Waals surface area contributed by atoms with Crippen molar-refractivity contribution in [2.75, 3.05) is 11.1 Å². The first-order valence-electron chi connectivity index (χ1n) is 8.82. The van der Waals surface area contributed by atoms with Gasteiger partial charge in [-0.25, -0.2) is 8.42 Å². The van der Waals surface area contributed by atoms with E-state index in [9.17, 15) is 18.0 Å². The summed E-state index contributed by atoms with van der Waals surface area (Å²) in [6.07, 6.45) is 7.13. The standard InChI is InChI=1S/C19H20N2O4S/c22-17-8-7-14(10-20-17)26(24,25)11-18(23)21-19-15-5-1-3-12(15)9-13-4-2-6-16(13)19/h7-10H,1-6,11H2,(H,20,22)(H,21,23). The van der Waals surface area contributed by atoms with Crippen molar-refractivity contribution < 1.29 is 13.2 Å². The summed E-state index contributed by atoms with van der Waals surface area (Å²) in [7, 11) is -3.81. The Hall–Kier alpha value is -2.41. The lowest BCUT2D eigenvalue weighted by Gasteiger charge is -2.16. The van der Waals surface area contributed by atoms with Crippen LogP contribution in [0.15, 0.2) is 34.1 Å². The van der Waals surface area contributed by atoms with Crippen LogP contribution >= 0.6 is 0 Å². The van der Waals surface area contributed by atoms with E-state index in [1.165, 1.54) is 28.3 Å². The predicted octanol–water partition coefficient (Wildman–Crippen LogP) is 1.76. The highest BCUT2D eigenvalue weighted by atomic mass is 32.2. The van der Waals surface area contributed by atoms with Crippen LogP contribution in [0.1, 0.15) is 35.1 Å². The average Bonchev–Trinajstić information content (AvgIpc) is 3.23. The van der Waals surface area contributed by atoms with E-state index in [0.29, 0.717) is 0 Å². The molecule has 0 saturated heterocycles. The Morgan fingerprint density at radius 3 is 2.27 bits per heavy atom. The summed E-state index contributed by atoms with van der Waals surface area (Å²) in [6.45, 7) is 0. The van der Waals surface area contributed by atoms with Crippen LogP contribution in [0.4, 0.5) is 5.69 Å². The number of amides is 1. The van der Waals surface area contributed by atoms with Crippen molar-refractivity contribution >= 4 is 21.4 Å². The first-order chi connectivity index (χ1) is 12.4. The van der Waals surface area contributed by atoms with E-state index < -0.39 is 21.5 Å². The molecule has 6 nitrogen and oxygen atoms in total. The maximum atomic E-state index is 12.5. The van der Waals surface area contributed by atoms with Crippen LogP contribution in [0, 0.1) is 0 Å². The number of pyridine rings is 1. The third-order valence-electron chi connectivity index (χ3n) is 5.17. The van der Waals surface area contributed by atoms with Gasteiger partial charge in [-0.2, -0.15) is 0 Å². The summed E-state index contributed by atoms with van der Waals surface area (Å²) in [4.78, 5) is 25.9. The molecule has 1 aromatic carbocycles. The minimum atomic E-state index is -3.81. The molecule has 0 fully saturated rings. The summed E-state index contributed by atoms with van der Waals surface area (Å²) in [5, 5.41) is 2.89. The molecule has 2 N–H and O–H groups in total. The van der Waals surface area contributed by atoms with Crippen molar-refractivity contribution in [2.24, 2.45) is 0 Å². The molecule has 2 aliphatic rings. The Morgan fingerprint density at radius 2 is 1.69 bits per heavy atom. The second-order valence-corrected chi connectivity index (χ2v) is 8.92. The number of H-pyrrole nitrogens is 1. The first-order valence-corrected chi connectivity index (χ1v) is 10.5.